The number of rotatable bonds is 9. The summed E-state index contributed by atoms with van der Waals surface area (Å²) in [5, 5.41) is 5.91. The minimum atomic E-state index is 0.271. The van der Waals surface area contributed by atoms with E-state index in [1.165, 1.54) is 30.6 Å². The zero-order valence-electron chi connectivity index (χ0n) is 13.2. The molecule has 3 heteroatoms. The molecule has 1 atom stereocenters. The second kappa shape index (κ2) is 8.03. The molecular formula is C16H30N2S. The molecule has 2 nitrogen and oxygen atoms in total. The van der Waals surface area contributed by atoms with Gasteiger partial charge in [0.05, 0.1) is 0 Å². The fourth-order valence-electron chi connectivity index (χ4n) is 3.24. The summed E-state index contributed by atoms with van der Waals surface area (Å²) < 4.78 is 0. The lowest BCUT2D eigenvalue weighted by Gasteiger charge is -2.45. The highest BCUT2D eigenvalue weighted by Crippen LogP contribution is 2.29. The molecule has 0 bridgehead atoms. The molecule has 1 aromatic rings. The molecule has 0 fully saturated rings. The quantitative estimate of drug-likeness (QED) is 0.741. The standard InChI is InChI=1S/C16H30N2S/c1-6-16(7-2,18(4)5)15(17-8-3)12-11-14-10-9-13-19-14/h9-10,13,15,17H,6-8,11-12H2,1-5H3. The molecule has 19 heavy (non-hydrogen) atoms. The molecule has 1 aromatic heterocycles. The Morgan fingerprint density at radius 2 is 1.95 bits per heavy atom. The van der Waals surface area contributed by atoms with Crippen LogP contribution in [0.4, 0.5) is 0 Å². The van der Waals surface area contributed by atoms with Crippen LogP contribution >= 0.6 is 11.3 Å². The highest BCUT2D eigenvalue weighted by atomic mass is 32.1. The van der Waals surface area contributed by atoms with Crippen molar-refractivity contribution in [2.24, 2.45) is 0 Å². The molecule has 0 saturated carbocycles. The minimum Gasteiger partial charge on any atom is -0.312 e. The van der Waals surface area contributed by atoms with Crippen LogP contribution in [-0.2, 0) is 6.42 Å². The van der Waals surface area contributed by atoms with E-state index in [1.54, 1.807) is 0 Å². The second-order valence-electron chi connectivity index (χ2n) is 5.43. The van der Waals surface area contributed by atoms with Gasteiger partial charge in [-0.25, -0.2) is 0 Å². The Morgan fingerprint density at radius 1 is 1.26 bits per heavy atom. The fraction of sp³-hybridized carbons (Fsp3) is 0.750. The van der Waals surface area contributed by atoms with Crippen LogP contribution in [0, 0.1) is 0 Å². The molecule has 1 heterocycles. The van der Waals surface area contributed by atoms with Crippen molar-refractivity contribution in [1.29, 1.82) is 0 Å². The lowest BCUT2D eigenvalue weighted by atomic mass is 9.80. The fourth-order valence-corrected chi connectivity index (χ4v) is 3.96. The smallest absolute Gasteiger partial charge is 0.0351 e. The topological polar surface area (TPSA) is 15.3 Å². The summed E-state index contributed by atoms with van der Waals surface area (Å²) in [6, 6.07) is 4.97. The van der Waals surface area contributed by atoms with Crippen molar-refractivity contribution >= 4 is 11.3 Å². The molecule has 1 rings (SSSR count). The van der Waals surface area contributed by atoms with Gasteiger partial charge < -0.3 is 10.2 Å². The van der Waals surface area contributed by atoms with E-state index in [0.717, 1.165) is 6.54 Å². The van der Waals surface area contributed by atoms with Crippen molar-refractivity contribution in [2.75, 3.05) is 20.6 Å². The Bertz CT molecular complexity index is 329. The third-order valence-electron chi connectivity index (χ3n) is 4.47. The van der Waals surface area contributed by atoms with Gasteiger partial charge in [0.2, 0.25) is 0 Å². The summed E-state index contributed by atoms with van der Waals surface area (Å²) in [5.41, 5.74) is 0.271. The molecule has 1 unspecified atom stereocenters. The number of likely N-dealkylation sites (N-methyl/N-ethyl adjacent to an activating group) is 2. The van der Waals surface area contributed by atoms with Crippen molar-refractivity contribution < 1.29 is 0 Å². The largest absolute Gasteiger partial charge is 0.312 e. The molecule has 0 aliphatic heterocycles. The van der Waals surface area contributed by atoms with Crippen molar-refractivity contribution in [3.8, 4) is 0 Å². The van der Waals surface area contributed by atoms with Gasteiger partial charge in [-0.15, -0.1) is 11.3 Å². The van der Waals surface area contributed by atoms with Crippen LogP contribution in [0.1, 0.15) is 44.9 Å². The van der Waals surface area contributed by atoms with Gasteiger partial charge in [-0.1, -0.05) is 26.8 Å². The highest BCUT2D eigenvalue weighted by Gasteiger charge is 2.36. The minimum absolute atomic E-state index is 0.271. The summed E-state index contributed by atoms with van der Waals surface area (Å²) in [7, 11) is 4.45. The van der Waals surface area contributed by atoms with Crippen LogP contribution in [0.2, 0.25) is 0 Å². The van der Waals surface area contributed by atoms with Crippen LogP contribution in [0.3, 0.4) is 0 Å². The number of aryl methyl sites for hydroxylation is 1. The molecule has 0 aliphatic carbocycles. The van der Waals surface area contributed by atoms with Crippen LogP contribution in [-0.4, -0.2) is 37.1 Å². The van der Waals surface area contributed by atoms with Gasteiger partial charge >= 0.3 is 0 Å². The van der Waals surface area contributed by atoms with Gasteiger partial charge in [0.15, 0.2) is 0 Å². The third kappa shape index (κ3) is 4.04. The van der Waals surface area contributed by atoms with Crippen LogP contribution in [0.25, 0.3) is 0 Å². The highest BCUT2D eigenvalue weighted by molar-refractivity contribution is 7.09. The Morgan fingerprint density at radius 3 is 2.37 bits per heavy atom. The van der Waals surface area contributed by atoms with Crippen LogP contribution < -0.4 is 5.32 Å². The van der Waals surface area contributed by atoms with E-state index in [4.69, 9.17) is 0 Å². The molecule has 0 spiro atoms. The third-order valence-corrected chi connectivity index (χ3v) is 5.41. The van der Waals surface area contributed by atoms with Gasteiger partial charge in [0.1, 0.15) is 0 Å². The van der Waals surface area contributed by atoms with E-state index in [-0.39, 0.29) is 5.54 Å². The van der Waals surface area contributed by atoms with E-state index in [1.807, 2.05) is 11.3 Å². The molecular weight excluding hydrogens is 252 g/mol. The summed E-state index contributed by atoms with van der Waals surface area (Å²) in [5.74, 6) is 0. The van der Waals surface area contributed by atoms with Gasteiger partial charge in [0, 0.05) is 16.5 Å². The maximum absolute atomic E-state index is 3.73. The number of thiophene rings is 1. The first kappa shape index (κ1) is 16.7. The lowest BCUT2D eigenvalue weighted by Crippen LogP contribution is -2.58. The maximum Gasteiger partial charge on any atom is 0.0351 e. The SMILES string of the molecule is CCNC(CCc1cccs1)C(CC)(CC)N(C)C. The molecule has 110 valence electrons. The first-order valence-electron chi connectivity index (χ1n) is 7.53. The Hall–Kier alpha value is -0.380. The Labute approximate surface area is 123 Å². The monoisotopic (exact) mass is 282 g/mol. The molecule has 0 saturated heterocycles. The molecule has 0 aromatic carbocycles. The van der Waals surface area contributed by atoms with E-state index in [0.29, 0.717) is 6.04 Å². The maximum atomic E-state index is 3.73. The van der Waals surface area contributed by atoms with Gasteiger partial charge in [-0.2, -0.15) is 0 Å². The van der Waals surface area contributed by atoms with E-state index in [9.17, 15) is 0 Å². The van der Waals surface area contributed by atoms with Gasteiger partial charge in [-0.05, 0) is 57.8 Å². The lowest BCUT2D eigenvalue weighted by molar-refractivity contribution is 0.0851. The van der Waals surface area contributed by atoms with Crippen molar-refractivity contribution in [2.45, 2.75) is 58.0 Å². The molecule has 1 N–H and O–H groups in total. The molecule has 0 aliphatic rings. The van der Waals surface area contributed by atoms with Crippen LogP contribution in [0.15, 0.2) is 17.5 Å². The van der Waals surface area contributed by atoms with Crippen molar-refractivity contribution in [3.05, 3.63) is 22.4 Å². The first-order chi connectivity index (χ1) is 9.10. The molecule has 0 amide bonds. The van der Waals surface area contributed by atoms with Gasteiger partial charge in [0.25, 0.3) is 0 Å². The summed E-state index contributed by atoms with van der Waals surface area (Å²) in [6.45, 7) is 7.90. The van der Waals surface area contributed by atoms with Crippen LogP contribution in [0.5, 0.6) is 0 Å². The summed E-state index contributed by atoms with van der Waals surface area (Å²) >= 11 is 1.88. The van der Waals surface area contributed by atoms with Crippen molar-refractivity contribution in [1.82, 2.24) is 10.2 Å². The summed E-state index contributed by atoms with van der Waals surface area (Å²) in [4.78, 5) is 3.93. The average molecular weight is 282 g/mol. The Balaban J connectivity index is 2.78. The van der Waals surface area contributed by atoms with E-state index < -0.39 is 0 Å². The normalized spacial score (nSPS) is 14.0. The zero-order valence-corrected chi connectivity index (χ0v) is 14.0. The Kier molecular flexibility index (Phi) is 7.05. The van der Waals surface area contributed by atoms with E-state index >= 15 is 0 Å². The molecule has 0 radical (unpaired) electrons. The van der Waals surface area contributed by atoms with Gasteiger partial charge in [-0.3, -0.25) is 0 Å². The number of nitrogens with one attached hydrogen (secondary N) is 1. The second-order valence-corrected chi connectivity index (χ2v) is 6.47. The number of hydrogen-bond donors (Lipinski definition) is 1. The average Bonchev–Trinajstić information content (AvgIpc) is 2.90. The zero-order chi connectivity index (χ0) is 14.3. The summed E-state index contributed by atoms with van der Waals surface area (Å²) in [6.07, 6.45) is 4.79. The number of hydrogen-bond acceptors (Lipinski definition) is 3. The predicted octanol–water partition coefficient (Wildman–Crippen LogP) is 3.78. The number of nitrogens with zero attached hydrogens (tertiary/aromatic N) is 1. The van der Waals surface area contributed by atoms with E-state index in [2.05, 4.69) is 62.6 Å². The predicted molar refractivity (Wildman–Crippen MR) is 87.1 cm³/mol. The first-order valence-corrected chi connectivity index (χ1v) is 8.41. The van der Waals surface area contributed by atoms with Crippen molar-refractivity contribution in [3.63, 3.8) is 0 Å².